The van der Waals surface area contributed by atoms with Gasteiger partial charge in [0.1, 0.15) is 0 Å². The molecule has 3 N–H and O–H groups in total. The van der Waals surface area contributed by atoms with Crippen molar-refractivity contribution in [3.8, 4) is 0 Å². The van der Waals surface area contributed by atoms with Gasteiger partial charge in [0.25, 0.3) is 0 Å². The highest BCUT2D eigenvalue weighted by atomic mass is 16.2. The SMILES string of the molecule is Cc1ccccc1/C=C1\CNCC2=C1NC(=O)NC2c1ccccc1C. The monoisotopic (exact) mass is 345 g/mol. The number of hydrogen-bond acceptors (Lipinski definition) is 2. The normalized spacial score (nSPS) is 21.2. The van der Waals surface area contributed by atoms with Crippen molar-refractivity contribution in [3.05, 3.63) is 87.6 Å². The zero-order valence-electron chi connectivity index (χ0n) is 15.1. The summed E-state index contributed by atoms with van der Waals surface area (Å²) in [5.41, 5.74) is 8.00. The lowest BCUT2D eigenvalue weighted by molar-refractivity contribution is 0.238. The van der Waals surface area contributed by atoms with Crippen LogP contribution >= 0.6 is 0 Å². The minimum Gasteiger partial charge on any atom is -0.327 e. The first kappa shape index (κ1) is 16.6. The van der Waals surface area contributed by atoms with Gasteiger partial charge < -0.3 is 16.0 Å². The minimum absolute atomic E-state index is 0.104. The molecule has 132 valence electrons. The van der Waals surface area contributed by atoms with E-state index in [1.54, 1.807) is 0 Å². The lowest BCUT2D eigenvalue weighted by Crippen LogP contribution is -2.49. The smallest absolute Gasteiger partial charge is 0.319 e. The van der Waals surface area contributed by atoms with Gasteiger partial charge >= 0.3 is 6.03 Å². The Morgan fingerprint density at radius 3 is 2.46 bits per heavy atom. The van der Waals surface area contributed by atoms with Gasteiger partial charge in [-0.2, -0.15) is 0 Å². The summed E-state index contributed by atoms with van der Waals surface area (Å²) in [5.74, 6) is 0. The number of aryl methyl sites for hydroxylation is 2. The predicted molar refractivity (Wildman–Crippen MR) is 105 cm³/mol. The second kappa shape index (κ2) is 6.81. The molecule has 0 bridgehead atoms. The molecule has 4 rings (SSSR count). The maximum Gasteiger partial charge on any atom is 0.319 e. The van der Waals surface area contributed by atoms with Gasteiger partial charge in [0, 0.05) is 18.8 Å². The number of urea groups is 1. The lowest BCUT2D eigenvalue weighted by Gasteiger charge is -2.35. The summed E-state index contributed by atoms with van der Waals surface area (Å²) in [4.78, 5) is 12.4. The molecule has 0 aromatic heterocycles. The van der Waals surface area contributed by atoms with Gasteiger partial charge in [-0.3, -0.25) is 0 Å². The Bertz CT molecular complexity index is 926. The number of amides is 2. The molecule has 1 unspecified atom stereocenters. The van der Waals surface area contributed by atoms with Crippen LogP contribution in [0, 0.1) is 13.8 Å². The van der Waals surface area contributed by atoms with Gasteiger partial charge in [0.2, 0.25) is 0 Å². The van der Waals surface area contributed by atoms with Gasteiger partial charge in [-0.25, -0.2) is 4.79 Å². The van der Waals surface area contributed by atoms with Crippen molar-refractivity contribution in [2.45, 2.75) is 19.9 Å². The van der Waals surface area contributed by atoms with E-state index < -0.39 is 0 Å². The summed E-state index contributed by atoms with van der Waals surface area (Å²) in [5, 5.41) is 9.63. The molecule has 0 radical (unpaired) electrons. The zero-order chi connectivity index (χ0) is 18.1. The van der Waals surface area contributed by atoms with E-state index in [2.05, 4.69) is 60.1 Å². The van der Waals surface area contributed by atoms with Crippen molar-refractivity contribution in [2.75, 3.05) is 13.1 Å². The summed E-state index contributed by atoms with van der Waals surface area (Å²) in [6, 6.07) is 16.3. The first-order valence-corrected chi connectivity index (χ1v) is 8.97. The molecule has 1 atom stereocenters. The molecule has 0 saturated heterocycles. The van der Waals surface area contributed by atoms with Crippen LogP contribution in [-0.2, 0) is 0 Å². The van der Waals surface area contributed by atoms with E-state index in [1.807, 2.05) is 24.3 Å². The molecule has 0 fully saturated rings. The van der Waals surface area contributed by atoms with E-state index in [4.69, 9.17) is 0 Å². The Morgan fingerprint density at radius 1 is 0.962 bits per heavy atom. The molecule has 26 heavy (non-hydrogen) atoms. The van der Waals surface area contributed by atoms with Crippen molar-refractivity contribution in [3.63, 3.8) is 0 Å². The highest BCUT2D eigenvalue weighted by molar-refractivity contribution is 5.82. The van der Waals surface area contributed by atoms with Gasteiger partial charge in [-0.1, -0.05) is 48.5 Å². The highest BCUT2D eigenvalue weighted by Gasteiger charge is 2.32. The zero-order valence-corrected chi connectivity index (χ0v) is 15.1. The number of benzene rings is 2. The predicted octanol–water partition coefficient (Wildman–Crippen LogP) is 3.60. The molecule has 2 aliphatic rings. The molecular formula is C22H23N3O. The van der Waals surface area contributed by atoms with Crippen LogP contribution in [0.5, 0.6) is 0 Å². The van der Waals surface area contributed by atoms with E-state index >= 15 is 0 Å². The van der Waals surface area contributed by atoms with Crippen molar-refractivity contribution >= 4 is 12.1 Å². The van der Waals surface area contributed by atoms with E-state index in [-0.39, 0.29) is 12.1 Å². The van der Waals surface area contributed by atoms with Crippen LogP contribution in [0.25, 0.3) is 6.08 Å². The molecule has 2 amide bonds. The summed E-state index contributed by atoms with van der Waals surface area (Å²) < 4.78 is 0. The fourth-order valence-corrected chi connectivity index (χ4v) is 3.73. The Kier molecular flexibility index (Phi) is 4.35. The molecule has 0 aliphatic carbocycles. The van der Waals surface area contributed by atoms with Crippen LogP contribution in [-0.4, -0.2) is 19.1 Å². The van der Waals surface area contributed by atoms with E-state index in [0.29, 0.717) is 0 Å². The second-order valence-corrected chi connectivity index (χ2v) is 6.92. The Hall–Kier alpha value is -2.85. The molecular weight excluding hydrogens is 322 g/mol. The third-order valence-electron chi connectivity index (χ3n) is 5.15. The van der Waals surface area contributed by atoms with Crippen LogP contribution in [0.4, 0.5) is 4.79 Å². The Morgan fingerprint density at radius 2 is 1.69 bits per heavy atom. The maximum absolute atomic E-state index is 12.4. The van der Waals surface area contributed by atoms with E-state index in [9.17, 15) is 4.79 Å². The third-order valence-corrected chi connectivity index (χ3v) is 5.15. The maximum atomic E-state index is 12.4. The minimum atomic E-state index is -0.144. The van der Waals surface area contributed by atoms with Gasteiger partial charge in [0.05, 0.1) is 6.04 Å². The van der Waals surface area contributed by atoms with E-state index in [1.165, 1.54) is 22.3 Å². The summed E-state index contributed by atoms with van der Waals surface area (Å²) >= 11 is 0. The average molecular weight is 345 g/mol. The van der Waals surface area contributed by atoms with Crippen LogP contribution in [0.15, 0.2) is 65.4 Å². The van der Waals surface area contributed by atoms with Crippen LogP contribution in [0.2, 0.25) is 0 Å². The Balaban J connectivity index is 1.81. The second-order valence-electron chi connectivity index (χ2n) is 6.92. The van der Waals surface area contributed by atoms with Crippen molar-refractivity contribution in [1.29, 1.82) is 0 Å². The molecule has 0 spiro atoms. The highest BCUT2D eigenvalue weighted by Crippen LogP contribution is 2.33. The van der Waals surface area contributed by atoms with Gasteiger partial charge in [-0.15, -0.1) is 0 Å². The fraction of sp³-hybridized carbons (Fsp3) is 0.227. The number of carbonyl (C=O) groups is 1. The molecule has 4 heteroatoms. The van der Waals surface area contributed by atoms with Crippen molar-refractivity contribution < 1.29 is 4.79 Å². The lowest BCUT2D eigenvalue weighted by atomic mass is 9.88. The van der Waals surface area contributed by atoms with Crippen LogP contribution in [0.3, 0.4) is 0 Å². The van der Waals surface area contributed by atoms with Crippen LogP contribution < -0.4 is 16.0 Å². The number of hydrogen-bond donors (Lipinski definition) is 3. The molecule has 2 aliphatic heterocycles. The Labute approximate surface area is 154 Å². The topological polar surface area (TPSA) is 53.2 Å². The first-order valence-electron chi connectivity index (χ1n) is 8.97. The molecule has 4 nitrogen and oxygen atoms in total. The molecule has 2 heterocycles. The van der Waals surface area contributed by atoms with Crippen molar-refractivity contribution in [1.82, 2.24) is 16.0 Å². The largest absolute Gasteiger partial charge is 0.327 e. The average Bonchev–Trinajstić information content (AvgIpc) is 2.64. The quantitative estimate of drug-likeness (QED) is 0.779. The number of rotatable bonds is 2. The molecule has 2 aromatic rings. The summed E-state index contributed by atoms with van der Waals surface area (Å²) in [6.45, 7) is 5.69. The third kappa shape index (κ3) is 3.04. The van der Waals surface area contributed by atoms with Gasteiger partial charge in [-0.05, 0) is 53.3 Å². The summed E-state index contributed by atoms with van der Waals surface area (Å²) in [7, 11) is 0. The number of carbonyl (C=O) groups excluding carboxylic acids is 1. The van der Waals surface area contributed by atoms with Gasteiger partial charge in [0.15, 0.2) is 0 Å². The fourth-order valence-electron chi connectivity index (χ4n) is 3.73. The number of nitrogens with one attached hydrogen (secondary N) is 3. The molecule has 0 saturated carbocycles. The standard InChI is InChI=1S/C22H23N3O/c1-14-7-3-5-9-16(14)11-17-12-23-13-19-20(17)24-22(26)25-21(19)18-10-6-4-8-15(18)2/h3-11,21,23H,12-13H2,1-2H3,(H2,24,25,26)/b17-11+. The van der Waals surface area contributed by atoms with Crippen molar-refractivity contribution in [2.24, 2.45) is 0 Å². The van der Waals surface area contributed by atoms with Crippen LogP contribution in [0.1, 0.15) is 28.3 Å². The first-order chi connectivity index (χ1) is 12.6. The van der Waals surface area contributed by atoms with E-state index in [0.717, 1.165) is 29.9 Å². The molecule has 2 aromatic carbocycles. The summed E-state index contributed by atoms with van der Waals surface area (Å²) in [6.07, 6.45) is 2.18.